The van der Waals surface area contributed by atoms with E-state index in [1.165, 1.54) is 32.1 Å². The molecule has 21 heavy (non-hydrogen) atoms. The minimum atomic E-state index is 0.0438. The number of carbonyl (C=O) groups is 1. The quantitative estimate of drug-likeness (QED) is 0.675. The zero-order valence-corrected chi connectivity index (χ0v) is 13.3. The Morgan fingerprint density at radius 3 is 2.14 bits per heavy atom. The highest BCUT2D eigenvalue weighted by atomic mass is 16.3. The largest absolute Gasteiger partial charge is 0.396 e. The fraction of sp³-hybridized carbons (Fsp3) is 0.941. The minimum absolute atomic E-state index is 0.0438. The van der Waals surface area contributed by atoms with E-state index >= 15 is 0 Å². The number of rotatable bonds is 7. The molecule has 0 unspecified atom stereocenters. The van der Waals surface area contributed by atoms with E-state index in [0.29, 0.717) is 13.0 Å². The first-order valence-corrected chi connectivity index (χ1v) is 8.71. The molecule has 0 aromatic carbocycles. The normalized spacial score (nSPS) is 23.9. The van der Waals surface area contributed by atoms with Crippen molar-refractivity contribution in [3.63, 3.8) is 0 Å². The van der Waals surface area contributed by atoms with Crippen LogP contribution in [0.4, 0.5) is 0 Å². The van der Waals surface area contributed by atoms with Crippen LogP contribution in [0.5, 0.6) is 0 Å². The first-order chi connectivity index (χ1) is 10.1. The van der Waals surface area contributed by atoms with Gasteiger partial charge in [-0.2, -0.15) is 0 Å². The van der Waals surface area contributed by atoms with Crippen molar-refractivity contribution in [3.05, 3.63) is 0 Å². The minimum Gasteiger partial charge on any atom is -0.396 e. The Labute approximate surface area is 128 Å². The van der Waals surface area contributed by atoms with E-state index in [4.69, 9.17) is 5.73 Å². The lowest BCUT2D eigenvalue weighted by atomic mass is 9.71. The SMILES string of the molecule is NCC1(CC(=O)NCC2(CCO)CCCC2)CCCCC1. The van der Waals surface area contributed by atoms with Crippen LogP contribution in [0.1, 0.15) is 70.6 Å². The van der Waals surface area contributed by atoms with Crippen molar-refractivity contribution in [2.24, 2.45) is 16.6 Å². The maximum atomic E-state index is 12.3. The number of nitrogens with two attached hydrogens (primary N) is 1. The fourth-order valence-corrected chi connectivity index (χ4v) is 4.32. The highest BCUT2D eigenvalue weighted by Gasteiger charge is 2.36. The van der Waals surface area contributed by atoms with E-state index in [-0.39, 0.29) is 23.3 Å². The van der Waals surface area contributed by atoms with Gasteiger partial charge in [0.05, 0.1) is 0 Å². The maximum absolute atomic E-state index is 12.3. The average Bonchev–Trinajstić information content (AvgIpc) is 2.96. The Bertz CT molecular complexity index is 332. The van der Waals surface area contributed by atoms with Gasteiger partial charge in [-0.15, -0.1) is 0 Å². The van der Waals surface area contributed by atoms with Gasteiger partial charge in [0.2, 0.25) is 5.91 Å². The molecular weight excluding hydrogens is 264 g/mol. The Hall–Kier alpha value is -0.610. The topological polar surface area (TPSA) is 75.4 Å². The van der Waals surface area contributed by atoms with Crippen LogP contribution < -0.4 is 11.1 Å². The van der Waals surface area contributed by atoms with Crippen molar-refractivity contribution in [2.75, 3.05) is 19.7 Å². The zero-order valence-electron chi connectivity index (χ0n) is 13.3. The predicted octanol–water partition coefficient (Wildman–Crippen LogP) is 2.34. The van der Waals surface area contributed by atoms with Crippen molar-refractivity contribution in [3.8, 4) is 0 Å². The third-order valence-electron chi connectivity index (χ3n) is 5.85. The lowest BCUT2D eigenvalue weighted by molar-refractivity contribution is -0.124. The maximum Gasteiger partial charge on any atom is 0.220 e. The summed E-state index contributed by atoms with van der Waals surface area (Å²) in [6.45, 7) is 1.58. The van der Waals surface area contributed by atoms with Gasteiger partial charge in [0.1, 0.15) is 0 Å². The summed E-state index contributed by atoms with van der Waals surface area (Å²) < 4.78 is 0. The number of hydrogen-bond donors (Lipinski definition) is 3. The summed E-state index contributed by atoms with van der Waals surface area (Å²) in [5, 5.41) is 12.4. The van der Waals surface area contributed by atoms with E-state index < -0.39 is 0 Å². The van der Waals surface area contributed by atoms with Crippen molar-refractivity contribution < 1.29 is 9.90 Å². The summed E-state index contributed by atoms with van der Waals surface area (Å²) in [6, 6.07) is 0. The second-order valence-corrected chi connectivity index (χ2v) is 7.40. The third-order valence-corrected chi connectivity index (χ3v) is 5.85. The van der Waals surface area contributed by atoms with Crippen LogP contribution in [0, 0.1) is 10.8 Å². The van der Waals surface area contributed by atoms with Crippen molar-refractivity contribution in [1.29, 1.82) is 0 Å². The molecule has 2 aliphatic rings. The van der Waals surface area contributed by atoms with Crippen LogP contribution in [0.25, 0.3) is 0 Å². The molecule has 2 rings (SSSR count). The lowest BCUT2D eigenvalue weighted by Gasteiger charge is -2.36. The molecule has 0 bridgehead atoms. The van der Waals surface area contributed by atoms with Crippen LogP contribution in [0.15, 0.2) is 0 Å². The fourth-order valence-electron chi connectivity index (χ4n) is 4.32. The lowest BCUT2D eigenvalue weighted by Crippen LogP contribution is -2.42. The monoisotopic (exact) mass is 296 g/mol. The molecule has 0 radical (unpaired) electrons. The number of nitrogens with one attached hydrogen (secondary N) is 1. The second-order valence-electron chi connectivity index (χ2n) is 7.40. The molecule has 0 spiro atoms. The molecule has 4 heteroatoms. The summed E-state index contributed by atoms with van der Waals surface area (Å²) in [4.78, 5) is 12.3. The molecule has 1 amide bonds. The highest BCUT2D eigenvalue weighted by Crippen LogP contribution is 2.41. The third kappa shape index (κ3) is 4.43. The van der Waals surface area contributed by atoms with Gasteiger partial charge >= 0.3 is 0 Å². The van der Waals surface area contributed by atoms with Crippen LogP contribution >= 0.6 is 0 Å². The van der Waals surface area contributed by atoms with E-state index in [0.717, 1.165) is 38.6 Å². The van der Waals surface area contributed by atoms with Gasteiger partial charge in [-0.25, -0.2) is 0 Å². The van der Waals surface area contributed by atoms with E-state index in [9.17, 15) is 9.90 Å². The molecule has 0 aromatic heterocycles. The molecule has 2 fully saturated rings. The smallest absolute Gasteiger partial charge is 0.220 e. The summed E-state index contributed by atoms with van der Waals surface area (Å²) in [5.74, 6) is 0.159. The molecule has 0 aromatic rings. The molecule has 4 N–H and O–H groups in total. The number of aliphatic hydroxyl groups is 1. The molecule has 4 nitrogen and oxygen atoms in total. The van der Waals surface area contributed by atoms with Crippen LogP contribution in [-0.2, 0) is 4.79 Å². The molecule has 0 aliphatic heterocycles. The van der Waals surface area contributed by atoms with Crippen molar-refractivity contribution in [1.82, 2.24) is 5.32 Å². The van der Waals surface area contributed by atoms with Gasteiger partial charge in [-0.3, -0.25) is 4.79 Å². The summed E-state index contributed by atoms with van der Waals surface area (Å²) in [7, 11) is 0. The van der Waals surface area contributed by atoms with E-state index in [1.807, 2.05) is 0 Å². The van der Waals surface area contributed by atoms with Gasteiger partial charge in [-0.05, 0) is 49.5 Å². The summed E-state index contributed by atoms with van der Waals surface area (Å²) in [6.07, 6.45) is 12.0. The van der Waals surface area contributed by atoms with Gasteiger partial charge in [0.15, 0.2) is 0 Å². The molecular formula is C17H32N2O2. The molecule has 2 saturated carbocycles. The first kappa shape index (κ1) is 16.8. The Morgan fingerprint density at radius 2 is 1.57 bits per heavy atom. The molecule has 2 aliphatic carbocycles. The predicted molar refractivity (Wildman–Crippen MR) is 84.8 cm³/mol. The zero-order chi connectivity index (χ0) is 15.2. The van der Waals surface area contributed by atoms with Gasteiger partial charge in [0, 0.05) is 19.6 Å². The van der Waals surface area contributed by atoms with Gasteiger partial charge < -0.3 is 16.2 Å². The molecule has 122 valence electrons. The second kappa shape index (κ2) is 7.59. The summed E-state index contributed by atoms with van der Waals surface area (Å²) >= 11 is 0. The van der Waals surface area contributed by atoms with Crippen molar-refractivity contribution >= 4 is 5.91 Å². The highest BCUT2D eigenvalue weighted by molar-refractivity contribution is 5.76. The number of hydrogen-bond acceptors (Lipinski definition) is 3. The number of carbonyl (C=O) groups excluding carboxylic acids is 1. The Kier molecular flexibility index (Phi) is 6.06. The Morgan fingerprint density at radius 1 is 1.00 bits per heavy atom. The van der Waals surface area contributed by atoms with Crippen LogP contribution in [0.3, 0.4) is 0 Å². The Balaban J connectivity index is 1.83. The molecule has 0 atom stereocenters. The van der Waals surface area contributed by atoms with E-state index in [2.05, 4.69) is 5.32 Å². The standard InChI is InChI=1S/C17H32N2O2/c18-13-17(8-2-1-3-9-17)12-15(21)19-14-16(10-11-20)6-4-5-7-16/h20H,1-14,18H2,(H,19,21). The first-order valence-electron chi connectivity index (χ1n) is 8.71. The van der Waals surface area contributed by atoms with Gasteiger partial charge in [-0.1, -0.05) is 32.1 Å². The average molecular weight is 296 g/mol. The number of aliphatic hydroxyl groups excluding tert-OH is 1. The molecule has 0 heterocycles. The number of amides is 1. The van der Waals surface area contributed by atoms with Crippen LogP contribution in [-0.4, -0.2) is 30.7 Å². The summed E-state index contributed by atoms with van der Waals surface area (Å²) in [5.41, 5.74) is 6.15. The molecule has 0 saturated heterocycles. The van der Waals surface area contributed by atoms with Gasteiger partial charge in [0.25, 0.3) is 0 Å². The van der Waals surface area contributed by atoms with Crippen LogP contribution in [0.2, 0.25) is 0 Å². The van der Waals surface area contributed by atoms with E-state index in [1.54, 1.807) is 0 Å². The van der Waals surface area contributed by atoms with Crippen molar-refractivity contribution in [2.45, 2.75) is 70.6 Å².